The molecule has 2 heterocycles. The standard InChI is InChI=1S/C16H15N5O2/c1-23-13-4-2-3-12(9-13)10-18-16(22)14-5-6-15(20-19-14)21-8-7-17-11-21/h2-9,11H,10H2,1H3,(H,18,22). The summed E-state index contributed by atoms with van der Waals surface area (Å²) in [6.45, 7) is 0.390. The van der Waals surface area contributed by atoms with Gasteiger partial charge >= 0.3 is 0 Å². The molecule has 0 aliphatic heterocycles. The van der Waals surface area contributed by atoms with Gasteiger partial charge < -0.3 is 10.1 Å². The molecule has 1 N–H and O–H groups in total. The first kappa shape index (κ1) is 14.7. The van der Waals surface area contributed by atoms with Gasteiger partial charge in [0.25, 0.3) is 5.91 Å². The number of ether oxygens (including phenoxy) is 1. The number of imidazole rings is 1. The Morgan fingerprint density at radius 3 is 2.87 bits per heavy atom. The molecule has 1 amide bonds. The van der Waals surface area contributed by atoms with Crippen LogP contribution in [0.25, 0.3) is 5.82 Å². The minimum absolute atomic E-state index is 0.261. The van der Waals surface area contributed by atoms with Gasteiger partial charge in [0.2, 0.25) is 0 Å². The molecule has 3 aromatic rings. The normalized spacial score (nSPS) is 10.3. The molecule has 3 rings (SSSR count). The first-order chi connectivity index (χ1) is 11.3. The molecule has 0 fully saturated rings. The molecule has 2 aromatic heterocycles. The van der Waals surface area contributed by atoms with Crippen LogP contribution in [0.3, 0.4) is 0 Å². The summed E-state index contributed by atoms with van der Waals surface area (Å²) < 4.78 is 6.87. The first-order valence-corrected chi connectivity index (χ1v) is 6.99. The van der Waals surface area contributed by atoms with E-state index in [1.807, 2.05) is 24.3 Å². The summed E-state index contributed by atoms with van der Waals surface area (Å²) in [5, 5.41) is 10.8. The number of carbonyl (C=O) groups excluding carboxylic acids is 1. The maximum absolute atomic E-state index is 12.1. The van der Waals surface area contributed by atoms with E-state index >= 15 is 0 Å². The van der Waals surface area contributed by atoms with E-state index < -0.39 is 0 Å². The van der Waals surface area contributed by atoms with Crippen molar-refractivity contribution < 1.29 is 9.53 Å². The van der Waals surface area contributed by atoms with E-state index in [9.17, 15) is 4.79 Å². The maximum atomic E-state index is 12.1. The number of nitrogens with zero attached hydrogens (tertiary/aromatic N) is 4. The topological polar surface area (TPSA) is 81.9 Å². The molecule has 0 spiro atoms. The zero-order valence-corrected chi connectivity index (χ0v) is 12.5. The van der Waals surface area contributed by atoms with E-state index in [1.54, 1.807) is 42.5 Å². The van der Waals surface area contributed by atoms with Crippen LogP contribution >= 0.6 is 0 Å². The van der Waals surface area contributed by atoms with E-state index in [-0.39, 0.29) is 11.6 Å². The Bertz CT molecular complexity index is 784. The molecule has 23 heavy (non-hydrogen) atoms. The Labute approximate surface area is 133 Å². The lowest BCUT2D eigenvalue weighted by Gasteiger charge is -2.07. The number of carbonyl (C=O) groups is 1. The van der Waals surface area contributed by atoms with Gasteiger partial charge in [0, 0.05) is 18.9 Å². The summed E-state index contributed by atoms with van der Waals surface area (Å²) in [6, 6.07) is 10.9. The van der Waals surface area contributed by atoms with Gasteiger partial charge in [-0.25, -0.2) is 4.98 Å². The number of hydrogen-bond acceptors (Lipinski definition) is 5. The summed E-state index contributed by atoms with van der Waals surface area (Å²) >= 11 is 0. The summed E-state index contributed by atoms with van der Waals surface area (Å²) in [7, 11) is 1.61. The van der Waals surface area contributed by atoms with Crippen LogP contribution in [-0.4, -0.2) is 32.8 Å². The van der Waals surface area contributed by atoms with E-state index in [2.05, 4.69) is 20.5 Å². The van der Waals surface area contributed by atoms with E-state index in [0.29, 0.717) is 12.4 Å². The number of amides is 1. The maximum Gasteiger partial charge on any atom is 0.272 e. The second kappa shape index (κ2) is 6.69. The van der Waals surface area contributed by atoms with Crippen LogP contribution in [0.5, 0.6) is 5.75 Å². The van der Waals surface area contributed by atoms with Crippen molar-refractivity contribution >= 4 is 5.91 Å². The Balaban J connectivity index is 1.64. The van der Waals surface area contributed by atoms with Crippen molar-refractivity contribution in [1.82, 2.24) is 25.1 Å². The largest absolute Gasteiger partial charge is 0.497 e. The monoisotopic (exact) mass is 309 g/mol. The summed E-state index contributed by atoms with van der Waals surface area (Å²) in [4.78, 5) is 16.0. The molecule has 0 aliphatic carbocycles. The van der Waals surface area contributed by atoms with Gasteiger partial charge in [-0.3, -0.25) is 9.36 Å². The number of benzene rings is 1. The van der Waals surface area contributed by atoms with Crippen LogP contribution in [0, 0.1) is 0 Å². The third-order valence-electron chi connectivity index (χ3n) is 3.24. The fourth-order valence-electron chi connectivity index (χ4n) is 2.03. The third-order valence-corrected chi connectivity index (χ3v) is 3.24. The Hall–Kier alpha value is -3.22. The molecule has 0 bridgehead atoms. The average Bonchev–Trinajstić information content (AvgIpc) is 3.14. The quantitative estimate of drug-likeness (QED) is 0.774. The predicted molar refractivity (Wildman–Crippen MR) is 83.3 cm³/mol. The van der Waals surface area contributed by atoms with Gasteiger partial charge in [0.15, 0.2) is 11.5 Å². The van der Waals surface area contributed by atoms with Gasteiger partial charge in [-0.15, -0.1) is 10.2 Å². The predicted octanol–water partition coefficient (Wildman–Crippen LogP) is 1.60. The highest BCUT2D eigenvalue weighted by Crippen LogP contribution is 2.12. The molecule has 0 saturated heterocycles. The van der Waals surface area contributed by atoms with Gasteiger partial charge in [-0.1, -0.05) is 12.1 Å². The lowest BCUT2D eigenvalue weighted by molar-refractivity contribution is 0.0945. The first-order valence-electron chi connectivity index (χ1n) is 6.99. The molecular formula is C16H15N5O2. The second-order valence-corrected chi connectivity index (χ2v) is 4.78. The highest BCUT2D eigenvalue weighted by Gasteiger charge is 2.08. The van der Waals surface area contributed by atoms with E-state index in [0.717, 1.165) is 11.3 Å². The van der Waals surface area contributed by atoms with E-state index in [1.165, 1.54) is 0 Å². The molecule has 1 aromatic carbocycles. The fourth-order valence-corrected chi connectivity index (χ4v) is 2.03. The summed E-state index contributed by atoms with van der Waals surface area (Å²) in [5.41, 5.74) is 1.21. The summed E-state index contributed by atoms with van der Waals surface area (Å²) in [6.07, 6.45) is 5.02. The second-order valence-electron chi connectivity index (χ2n) is 4.78. The third kappa shape index (κ3) is 3.52. The number of rotatable bonds is 5. The van der Waals surface area contributed by atoms with Crippen molar-refractivity contribution in [2.24, 2.45) is 0 Å². The smallest absolute Gasteiger partial charge is 0.272 e. The Morgan fingerprint density at radius 2 is 2.17 bits per heavy atom. The fraction of sp³-hybridized carbons (Fsp3) is 0.125. The number of hydrogen-bond donors (Lipinski definition) is 1. The van der Waals surface area contributed by atoms with Gasteiger partial charge in [-0.2, -0.15) is 0 Å². The molecule has 0 saturated carbocycles. The van der Waals surface area contributed by atoms with E-state index in [4.69, 9.17) is 4.74 Å². The van der Waals surface area contributed by atoms with Gasteiger partial charge in [-0.05, 0) is 29.8 Å². The average molecular weight is 309 g/mol. The van der Waals surface area contributed by atoms with Crippen molar-refractivity contribution in [2.45, 2.75) is 6.54 Å². The van der Waals surface area contributed by atoms with Crippen molar-refractivity contribution in [2.75, 3.05) is 7.11 Å². The highest BCUT2D eigenvalue weighted by atomic mass is 16.5. The lowest BCUT2D eigenvalue weighted by atomic mass is 10.2. The van der Waals surface area contributed by atoms with Crippen molar-refractivity contribution in [3.63, 3.8) is 0 Å². The zero-order valence-electron chi connectivity index (χ0n) is 12.5. The van der Waals surface area contributed by atoms with Crippen molar-refractivity contribution in [1.29, 1.82) is 0 Å². The number of methoxy groups -OCH3 is 1. The molecule has 0 radical (unpaired) electrons. The molecular weight excluding hydrogens is 294 g/mol. The Morgan fingerprint density at radius 1 is 1.26 bits per heavy atom. The molecule has 0 aliphatic rings. The van der Waals surface area contributed by atoms with Crippen LogP contribution in [-0.2, 0) is 6.54 Å². The van der Waals surface area contributed by atoms with Crippen LogP contribution in [0.1, 0.15) is 16.1 Å². The zero-order chi connectivity index (χ0) is 16.1. The molecule has 7 heteroatoms. The van der Waals surface area contributed by atoms with Crippen molar-refractivity contribution in [3.05, 3.63) is 66.4 Å². The molecule has 0 unspecified atom stereocenters. The number of nitrogens with one attached hydrogen (secondary N) is 1. The Kier molecular flexibility index (Phi) is 4.28. The van der Waals surface area contributed by atoms with Crippen LogP contribution in [0.15, 0.2) is 55.1 Å². The molecule has 7 nitrogen and oxygen atoms in total. The lowest BCUT2D eigenvalue weighted by Crippen LogP contribution is -2.24. The molecule has 116 valence electrons. The van der Waals surface area contributed by atoms with Crippen molar-refractivity contribution in [3.8, 4) is 11.6 Å². The van der Waals surface area contributed by atoms with Crippen LogP contribution in [0.4, 0.5) is 0 Å². The minimum Gasteiger partial charge on any atom is -0.497 e. The SMILES string of the molecule is COc1cccc(CNC(=O)c2ccc(-n3ccnc3)nn2)c1. The highest BCUT2D eigenvalue weighted by molar-refractivity contribution is 5.92. The summed E-state index contributed by atoms with van der Waals surface area (Å²) in [5.74, 6) is 1.07. The van der Waals surface area contributed by atoms with Crippen LogP contribution in [0.2, 0.25) is 0 Å². The van der Waals surface area contributed by atoms with Gasteiger partial charge in [0.1, 0.15) is 12.1 Å². The minimum atomic E-state index is -0.280. The molecule has 0 atom stereocenters. The van der Waals surface area contributed by atoms with Gasteiger partial charge in [0.05, 0.1) is 7.11 Å². The van der Waals surface area contributed by atoms with Crippen LogP contribution < -0.4 is 10.1 Å². The number of aromatic nitrogens is 4.